The van der Waals surface area contributed by atoms with Crippen LogP contribution < -0.4 is 4.90 Å². The van der Waals surface area contributed by atoms with Crippen molar-refractivity contribution in [3.63, 3.8) is 0 Å². The maximum absolute atomic E-state index is 13.4. The molecule has 0 saturated carbocycles. The van der Waals surface area contributed by atoms with Gasteiger partial charge in [-0.25, -0.2) is 0 Å². The normalized spacial score (nSPS) is 21.3. The zero-order valence-corrected chi connectivity index (χ0v) is 20.5. The number of halogens is 1. The van der Waals surface area contributed by atoms with Crippen LogP contribution in [0.4, 0.5) is 5.69 Å². The third kappa shape index (κ3) is 4.51. The van der Waals surface area contributed by atoms with Crippen molar-refractivity contribution >= 4 is 35.2 Å². The van der Waals surface area contributed by atoms with Crippen LogP contribution in [-0.2, 0) is 15.0 Å². The molecular weight excluding hydrogens is 446 g/mol. The van der Waals surface area contributed by atoms with Crippen LogP contribution >= 0.6 is 11.6 Å². The molecule has 0 radical (unpaired) electrons. The first-order valence-corrected chi connectivity index (χ1v) is 12.6. The first-order chi connectivity index (χ1) is 16.4. The number of allylic oxidation sites excluding steroid dienone is 1. The van der Waals surface area contributed by atoms with Crippen LogP contribution in [0.5, 0.6) is 0 Å². The molecule has 1 unspecified atom stereocenters. The molecule has 0 aromatic heterocycles. The van der Waals surface area contributed by atoms with E-state index in [1.54, 1.807) is 11.9 Å². The fourth-order valence-electron chi connectivity index (χ4n) is 5.74. The number of piperidine rings is 1. The number of hydrogen-bond acceptors (Lipinski definition) is 3. The molecule has 2 aromatic rings. The van der Waals surface area contributed by atoms with E-state index in [0.717, 1.165) is 44.6 Å². The van der Waals surface area contributed by atoms with Gasteiger partial charge in [-0.1, -0.05) is 48.0 Å². The number of anilines is 1. The Hall–Kier alpha value is -2.63. The lowest BCUT2D eigenvalue weighted by Crippen LogP contribution is -2.43. The molecule has 1 spiro atoms. The summed E-state index contributed by atoms with van der Waals surface area (Å²) in [4.78, 5) is 31.4. The standard InChI is InChI=1S/C28H32ClN3O2/c1-30-20-22(19-26(30)33)27(34)32(24-9-7-23(29)8-10-24)16-4-15-31-17-13-28(14-18-31)12-11-21-5-2-3-6-25(21)28/h2-3,5-12,22H,4,13-20H2,1H3. The molecule has 2 aliphatic heterocycles. The van der Waals surface area contributed by atoms with Gasteiger partial charge in [0.1, 0.15) is 0 Å². The molecule has 5 rings (SSSR count). The molecular formula is C28H32ClN3O2. The summed E-state index contributed by atoms with van der Waals surface area (Å²) in [5.74, 6) is -0.207. The first kappa shape index (κ1) is 23.1. The highest BCUT2D eigenvalue weighted by molar-refractivity contribution is 6.30. The summed E-state index contributed by atoms with van der Waals surface area (Å²) in [7, 11) is 1.77. The largest absolute Gasteiger partial charge is 0.345 e. The smallest absolute Gasteiger partial charge is 0.232 e. The zero-order valence-electron chi connectivity index (χ0n) is 19.8. The van der Waals surface area contributed by atoms with Crippen molar-refractivity contribution in [2.45, 2.75) is 31.1 Å². The lowest BCUT2D eigenvalue weighted by Gasteiger charge is -2.39. The van der Waals surface area contributed by atoms with Gasteiger partial charge in [0.25, 0.3) is 0 Å². The molecule has 34 heavy (non-hydrogen) atoms. The van der Waals surface area contributed by atoms with Gasteiger partial charge in [-0.3, -0.25) is 9.59 Å². The molecule has 2 saturated heterocycles. The summed E-state index contributed by atoms with van der Waals surface area (Å²) in [5, 5.41) is 0.650. The molecule has 0 bridgehead atoms. The Balaban J connectivity index is 1.20. The van der Waals surface area contributed by atoms with Crippen molar-refractivity contribution in [1.82, 2.24) is 9.80 Å². The van der Waals surface area contributed by atoms with E-state index < -0.39 is 0 Å². The van der Waals surface area contributed by atoms with Gasteiger partial charge >= 0.3 is 0 Å². The number of likely N-dealkylation sites (tertiary alicyclic amines) is 2. The minimum absolute atomic E-state index is 0.0327. The van der Waals surface area contributed by atoms with Gasteiger partial charge in [0.05, 0.1) is 5.92 Å². The van der Waals surface area contributed by atoms with E-state index in [4.69, 9.17) is 11.6 Å². The maximum Gasteiger partial charge on any atom is 0.232 e. The Labute approximate surface area is 207 Å². The van der Waals surface area contributed by atoms with Crippen LogP contribution in [0.15, 0.2) is 54.6 Å². The molecule has 6 heteroatoms. The van der Waals surface area contributed by atoms with Gasteiger partial charge in [0.15, 0.2) is 0 Å². The number of benzene rings is 2. The third-order valence-corrected chi connectivity index (χ3v) is 8.03. The molecule has 0 N–H and O–H groups in total. The second-order valence-electron chi connectivity index (χ2n) is 9.91. The Morgan fingerprint density at radius 2 is 1.85 bits per heavy atom. The average Bonchev–Trinajstić information content (AvgIpc) is 3.38. The maximum atomic E-state index is 13.4. The molecule has 5 nitrogen and oxygen atoms in total. The summed E-state index contributed by atoms with van der Waals surface area (Å²) in [6.45, 7) is 4.22. The summed E-state index contributed by atoms with van der Waals surface area (Å²) >= 11 is 6.08. The summed E-state index contributed by atoms with van der Waals surface area (Å²) in [6.07, 6.45) is 8.16. The fourth-order valence-corrected chi connectivity index (χ4v) is 5.86. The molecule has 3 aliphatic rings. The van der Waals surface area contributed by atoms with Crippen LogP contribution in [0.25, 0.3) is 6.08 Å². The number of nitrogens with zero attached hydrogens (tertiary/aromatic N) is 3. The van der Waals surface area contributed by atoms with Gasteiger partial charge in [-0.2, -0.15) is 0 Å². The minimum Gasteiger partial charge on any atom is -0.345 e. The average molecular weight is 478 g/mol. The van der Waals surface area contributed by atoms with Crippen LogP contribution in [0.2, 0.25) is 5.02 Å². The molecule has 1 aliphatic carbocycles. The number of carbonyl (C=O) groups excluding carboxylic acids is 2. The van der Waals surface area contributed by atoms with E-state index in [1.165, 1.54) is 11.1 Å². The lowest BCUT2D eigenvalue weighted by molar-refractivity contribution is -0.127. The van der Waals surface area contributed by atoms with Crippen LogP contribution in [0.3, 0.4) is 0 Å². The SMILES string of the molecule is CN1CC(C(=O)N(CCCN2CCC3(C=Cc4ccccc43)CC2)c2ccc(Cl)cc2)CC1=O. The van der Waals surface area contributed by atoms with Crippen molar-refractivity contribution in [2.75, 3.05) is 44.7 Å². The summed E-state index contributed by atoms with van der Waals surface area (Å²) in [5.41, 5.74) is 3.88. The third-order valence-electron chi connectivity index (χ3n) is 7.78. The quantitative estimate of drug-likeness (QED) is 0.610. The summed E-state index contributed by atoms with van der Waals surface area (Å²) < 4.78 is 0. The van der Waals surface area contributed by atoms with Crippen molar-refractivity contribution in [2.24, 2.45) is 5.92 Å². The number of fused-ring (bicyclic) bond motifs is 2. The highest BCUT2D eigenvalue weighted by Gasteiger charge is 2.38. The second kappa shape index (κ2) is 9.55. The molecule has 178 valence electrons. The Morgan fingerprint density at radius 1 is 1.12 bits per heavy atom. The number of rotatable bonds is 6. The fraction of sp³-hybridized carbons (Fsp3) is 0.429. The zero-order chi connectivity index (χ0) is 23.7. The van der Waals surface area contributed by atoms with E-state index in [1.807, 2.05) is 29.2 Å². The van der Waals surface area contributed by atoms with E-state index in [2.05, 4.69) is 41.3 Å². The Kier molecular flexibility index (Phi) is 6.50. The number of amides is 2. The van der Waals surface area contributed by atoms with Gasteiger partial charge in [-0.15, -0.1) is 0 Å². The van der Waals surface area contributed by atoms with Crippen molar-refractivity contribution in [3.05, 3.63) is 70.8 Å². The van der Waals surface area contributed by atoms with E-state index in [-0.39, 0.29) is 23.1 Å². The van der Waals surface area contributed by atoms with Gasteiger partial charge in [-0.05, 0) is 74.3 Å². The Bertz CT molecular complexity index is 1090. The predicted molar refractivity (Wildman–Crippen MR) is 137 cm³/mol. The van der Waals surface area contributed by atoms with Crippen LogP contribution in [0, 0.1) is 5.92 Å². The van der Waals surface area contributed by atoms with Crippen LogP contribution in [-0.4, -0.2) is 61.4 Å². The Morgan fingerprint density at radius 3 is 2.56 bits per heavy atom. The first-order valence-electron chi connectivity index (χ1n) is 12.3. The highest BCUT2D eigenvalue weighted by Crippen LogP contribution is 2.43. The molecule has 2 aromatic carbocycles. The number of carbonyl (C=O) groups is 2. The molecule has 2 fully saturated rings. The van der Waals surface area contributed by atoms with Gasteiger partial charge in [0, 0.05) is 42.7 Å². The monoisotopic (exact) mass is 477 g/mol. The van der Waals surface area contributed by atoms with Crippen molar-refractivity contribution < 1.29 is 9.59 Å². The minimum atomic E-state index is -0.280. The highest BCUT2D eigenvalue weighted by atomic mass is 35.5. The number of hydrogen-bond donors (Lipinski definition) is 0. The molecule has 1 atom stereocenters. The van der Waals surface area contributed by atoms with Crippen LogP contribution in [0.1, 0.15) is 36.8 Å². The van der Waals surface area contributed by atoms with E-state index >= 15 is 0 Å². The van der Waals surface area contributed by atoms with E-state index in [9.17, 15) is 9.59 Å². The van der Waals surface area contributed by atoms with Gasteiger partial charge < -0.3 is 14.7 Å². The molecule has 2 amide bonds. The van der Waals surface area contributed by atoms with Crippen molar-refractivity contribution in [1.29, 1.82) is 0 Å². The summed E-state index contributed by atoms with van der Waals surface area (Å²) in [6, 6.07) is 16.2. The van der Waals surface area contributed by atoms with Crippen molar-refractivity contribution in [3.8, 4) is 0 Å². The predicted octanol–water partition coefficient (Wildman–Crippen LogP) is 4.60. The molecule has 2 heterocycles. The van der Waals surface area contributed by atoms with Gasteiger partial charge in [0.2, 0.25) is 11.8 Å². The topological polar surface area (TPSA) is 43.9 Å². The second-order valence-corrected chi connectivity index (χ2v) is 10.3. The van der Waals surface area contributed by atoms with E-state index in [0.29, 0.717) is 24.5 Å². The lowest BCUT2D eigenvalue weighted by atomic mass is 9.74.